The second-order valence-electron chi connectivity index (χ2n) is 5.09. The molecular formula is C18H31FN2O. The van der Waals surface area contributed by atoms with E-state index in [0.717, 1.165) is 38.0 Å². The number of halogens is 1. The van der Waals surface area contributed by atoms with Crippen LogP contribution >= 0.6 is 0 Å². The zero-order valence-corrected chi connectivity index (χ0v) is 14.4. The zero-order valence-electron chi connectivity index (χ0n) is 14.4. The van der Waals surface area contributed by atoms with Gasteiger partial charge in [-0.3, -0.25) is 14.1 Å². The van der Waals surface area contributed by atoms with E-state index in [9.17, 15) is 9.18 Å². The third-order valence-corrected chi connectivity index (χ3v) is 3.20. The van der Waals surface area contributed by atoms with Crippen LogP contribution in [0.1, 0.15) is 40.5 Å². The summed E-state index contributed by atoms with van der Waals surface area (Å²) >= 11 is 0. The molecule has 3 nitrogen and oxygen atoms in total. The number of aldehydes is 1. The van der Waals surface area contributed by atoms with Gasteiger partial charge in [-0.25, -0.2) is 0 Å². The quantitative estimate of drug-likeness (QED) is 0.401. The molecule has 0 aliphatic carbocycles. The number of nitrogens with zero attached hydrogens (tertiary/aromatic N) is 1. The highest BCUT2D eigenvalue weighted by Crippen LogP contribution is 2.10. The van der Waals surface area contributed by atoms with Gasteiger partial charge in [0.2, 0.25) is 0 Å². The molecule has 1 fully saturated rings. The molecular weight excluding hydrogens is 279 g/mol. The molecule has 1 aliphatic heterocycles. The Hall–Kier alpha value is -1.42. The van der Waals surface area contributed by atoms with Gasteiger partial charge >= 0.3 is 0 Å². The Kier molecular flexibility index (Phi) is 12.4. The minimum absolute atomic E-state index is 0.238. The third kappa shape index (κ3) is 8.78. The number of alkyl halides is 1. The van der Waals surface area contributed by atoms with Gasteiger partial charge < -0.3 is 5.32 Å². The summed E-state index contributed by atoms with van der Waals surface area (Å²) < 4.78 is 12.0. The first-order valence-corrected chi connectivity index (χ1v) is 8.24. The van der Waals surface area contributed by atoms with Crippen molar-refractivity contribution in [1.82, 2.24) is 10.2 Å². The van der Waals surface area contributed by atoms with Gasteiger partial charge in [0, 0.05) is 30.9 Å². The summed E-state index contributed by atoms with van der Waals surface area (Å²) in [6.45, 7) is 10.6. The van der Waals surface area contributed by atoms with Crippen molar-refractivity contribution in [2.24, 2.45) is 0 Å². The first kappa shape index (κ1) is 20.6. The van der Waals surface area contributed by atoms with Crippen LogP contribution in [0.2, 0.25) is 0 Å². The van der Waals surface area contributed by atoms with Crippen LogP contribution in [-0.2, 0) is 4.79 Å². The lowest BCUT2D eigenvalue weighted by Crippen LogP contribution is -2.57. The second kappa shape index (κ2) is 13.3. The molecule has 1 N–H and O–H groups in total. The highest BCUT2D eigenvalue weighted by Gasteiger charge is 2.25. The Balaban J connectivity index is 0.00000211. The molecule has 0 spiro atoms. The number of hydrogen-bond donors (Lipinski definition) is 1. The van der Waals surface area contributed by atoms with Crippen LogP contribution in [0.3, 0.4) is 0 Å². The van der Waals surface area contributed by atoms with Gasteiger partial charge in [-0.1, -0.05) is 39.0 Å². The van der Waals surface area contributed by atoms with Gasteiger partial charge in [0.15, 0.2) is 0 Å². The van der Waals surface area contributed by atoms with Crippen LogP contribution in [0.25, 0.3) is 0 Å². The molecule has 0 radical (unpaired) electrons. The van der Waals surface area contributed by atoms with Crippen molar-refractivity contribution in [2.75, 3.05) is 26.3 Å². The molecule has 1 saturated heterocycles. The van der Waals surface area contributed by atoms with E-state index in [1.165, 1.54) is 0 Å². The smallest absolute Gasteiger partial charge is 0.150 e. The Morgan fingerprint density at radius 1 is 1.32 bits per heavy atom. The van der Waals surface area contributed by atoms with Crippen molar-refractivity contribution < 1.29 is 9.18 Å². The van der Waals surface area contributed by atoms with Crippen LogP contribution in [0.4, 0.5) is 4.39 Å². The van der Waals surface area contributed by atoms with E-state index in [4.69, 9.17) is 0 Å². The summed E-state index contributed by atoms with van der Waals surface area (Å²) in [4.78, 5) is 13.1. The summed E-state index contributed by atoms with van der Waals surface area (Å²) in [5.74, 6) is 0. The fourth-order valence-corrected chi connectivity index (χ4v) is 2.11. The number of likely N-dealkylation sites (tertiary alicyclic amines) is 1. The maximum absolute atomic E-state index is 12.0. The van der Waals surface area contributed by atoms with Crippen molar-refractivity contribution in [3.05, 3.63) is 35.6 Å². The Morgan fingerprint density at radius 2 is 2.00 bits per heavy atom. The van der Waals surface area contributed by atoms with Crippen molar-refractivity contribution in [3.63, 3.8) is 0 Å². The Labute approximate surface area is 135 Å². The van der Waals surface area contributed by atoms with E-state index in [2.05, 4.69) is 10.2 Å². The fourth-order valence-electron chi connectivity index (χ4n) is 2.11. The lowest BCUT2D eigenvalue weighted by Gasteiger charge is -2.40. The molecule has 0 aromatic rings. The molecule has 0 amide bonds. The van der Waals surface area contributed by atoms with Crippen molar-refractivity contribution in [3.8, 4) is 0 Å². The largest absolute Gasteiger partial charge is 0.383 e. The minimum atomic E-state index is -0.238. The van der Waals surface area contributed by atoms with Crippen molar-refractivity contribution in [1.29, 1.82) is 0 Å². The lowest BCUT2D eigenvalue weighted by molar-refractivity contribution is -0.104. The van der Waals surface area contributed by atoms with Crippen LogP contribution < -0.4 is 5.32 Å². The summed E-state index contributed by atoms with van der Waals surface area (Å²) in [6.07, 6.45) is 9.94. The number of hydrogen-bond acceptors (Lipinski definition) is 3. The molecule has 126 valence electrons. The SMILES string of the molecule is CC.CC/C=C/C(C=O)=C\C=C(/C)NC1CN(CCCF)C1. The monoisotopic (exact) mass is 310 g/mol. The molecule has 0 aromatic carbocycles. The van der Waals surface area contributed by atoms with Gasteiger partial charge in [-0.05, 0) is 25.8 Å². The zero-order chi connectivity index (χ0) is 16.8. The third-order valence-electron chi connectivity index (χ3n) is 3.20. The first-order valence-electron chi connectivity index (χ1n) is 8.24. The number of rotatable bonds is 9. The average molecular weight is 310 g/mol. The van der Waals surface area contributed by atoms with Gasteiger partial charge in [0.25, 0.3) is 0 Å². The van der Waals surface area contributed by atoms with Crippen LogP contribution in [0, 0.1) is 0 Å². The van der Waals surface area contributed by atoms with E-state index in [1.807, 2.05) is 52.0 Å². The van der Waals surface area contributed by atoms with E-state index < -0.39 is 0 Å². The normalized spacial score (nSPS) is 17.0. The maximum atomic E-state index is 12.0. The van der Waals surface area contributed by atoms with E-state index in [1.54, 1.807) is 0 Å². The van der Waals surface area contributed by atoms with Gasteiger partial charge in [-0.2, -0.15) is 0 Å². The van der Waals surface area contributed by atoms with E-state index in [0.29, 0.717) is 18.0 Å². The Bertz CT molecular complexity index is 383. The molecule has 1 heterocycles. The second-order valence-corrected chi connectivity index (χ2v) is 5.09. The van der Waals surface area contributed by atoms with Crippen LogP contribution in [-0.4, -0.2) is 43.5 Å². The standard InChI is InChI=1S/C16H25FN2O.C2H6/c1-3-4-6-15(13-20)8-7-14(2)18-16-11-19(12-16)10-5-9-17;1-2/h4,6-8,13,16,18H,3,5,9-12H2,1-2H3;1-2H3/b6-4+,14-7+,15-8+;. The Morgan fingerprint density at radius 3 is 2.55 bits per heavy atom. The number of allylic oxidation sites excluding steroid dienone is 6. The van der Waals surface area contributed by atoms with E-state index in [-0.39, 0.29) is 6.67 Å². The van der Waals surface area contributed by atoms with Gasteiger partial charge in [-0.15, -0.1) is 0 Å². The van der Waals surface area contributed by atoms with Gasteiger partial charge in [0.05, 0.1) is 12.7 Å². The predicted molar refractivity (Wildman–Crippen MR) is 92.6 cm³/mol. The molecule has 1 rings (SSSR count). The molecule has 0 aromatic heterocycles. The predicted octanol–water partition coefficient (Wildman–Crippen LogP) is 3.64. The number of carbonyl (C=O) groups is 1. The molecule has 0 unspecified atom stereocenters. The highest BCUT2D eigenvalue weighted by atomic mass is 19.1. The summed E-state index contributed by atoms with van der Waals surface area (Å²) in [5, 5.41) is 3.40. The highest BCUT2D eigenvalue weighted by molar-refractivity contribution is 5.77. The fraction of sp³-hybridized carbons (Fsp3) is 0.611. The summed E-state index contributed by atoms with van der Waals surface area (Å²) in [5.41, 5.74) is 1.72. The first-order chi connectivity index (χ1) is 10.7. The lowest BCUT2D eigenvalue weighted by atomic mass is 10.1. The number of nitrogens with one attached hydrogen (secondary N) is 1. The molecule has 4 heteroatoms. The maximum Gasteiger partial charge on any atom is 0.150 e. The number of carbonyl (C=O) groups excluding carboxylic acids is 1. The van der Waals surface area contributed by atoms with Crippen LogP contribution in [0.5, 0.6) is 0 Å². The van der Waals surface area contributed by atoms with Gasteiger partial charge in [0.1, 0.15) is 6.29 Å². The molecule has 0 atom stereocenters. The topological polar surface area (TPSA) is 32.3 Å². The average Bonchev–Trinajstić information content (AvgIpc) is 2.51. The summed E-state index contributed by atoms with van der Waals surface area (Å²) in [6, 6.07) is 0.435. The molecule has 0 bridgehead atoms. The van der Waals surface area contributed by atoms with Crippen molar-refractivity contribution in [2.45, 2.75) is 46.6 Å². The molecule has 0 saturated carbocycles. The molecule has 1 aliphatic rings. The van der Waals surface area contributed by atoms with Crippen molar-refractivity contribution >= 4 is 6.29 Å². The van der Waals surface area contributed by atoms with Crippen LogP contribution in [0.15, 0.2) is 35.6 Å². The van der Waals surface area contributed by atoms with E-state index >= 15 is 0 Å². The minimum Gasteiger partial charge on any atom is -0.383 e. The summed E-state index contributed by atoms with van der Waals surface area (Å²) in [7, 11) is 0. The molecule has 22 heavy (non-hydrogen) atoms.